The Kier molecular flexibility index (Phi) is 10.5. The van der Waals surface area contributed by atoms with Crippen LogP contribution in [0.4, 0.5) is 0 Å². The Hall–Kier alpha value is -0.0400. The van der Waals surface area contributed by atoms with Crippen LogP contribution in [0.2, 0.25) is 0 Å². The van der Waals surface area contributed by atoms with Crippen LogP contribution >= 0.6 is 0 Å². The summed E-state index contributed by atoms with van der Waals surface area (Å²) < 4.78 is 0. The Balaban J connectivity index is 1.97. The third-order valence-corrected chi connectivity index (χ3v) is 4.80. The Bertz CT molecular complexity index is 188. The van der Waals surface area contributed by atoms with Crippen LogP contribution in [0.1, 0.15) is 97.3 Å². The first-order chi connectivity index (χ1) is 9.38. The minimum atomic E-state index is 0.836. The highest BCUT2D eigenvalue weighted by Crippen LogP contribution is 2.28. The van der Waals surface area contributed by atoms with Crippen LogP contribution in [-0.2, 0) is 0 Å². The van der Waals surface area contributed by atoms with E-state index in [1.165, 1.54) is 83.5 Å². The fourth-order valence-corrected chi connectivity index (χ4v) is 3.62. The van der Waals surface area contributed by atoms with E-state index in [9.17, 15) is 0 Å². The van der Waals surface area contributed by atoms with Crippen molar-refractivity contribution in [3.63, 3.8) is 0 Å². The molecule has 0 amide bonds. The SMILES string of the molecule is CCCCCCCCCCC1CCCCC1NCC. The monoisotopic (exact) mass is 267 g/mol. The smallest absolute Gasteiger partial charge is 0.00952 e. The van der Waals surface area contributed by atoms with E-state index in [4.69, 9.17) is 0 Å². The molecule has 1 N–H and O–H groups in total. The Labute approximate surface area is 121 Å². The lowest BCUT2D eigenvalue weighted by Crippen LogP contribution is -2.38. The normalized spacial score (nSPS) is 23.7. The molecule has 0 aromatic carbocycles. The van der Waals surface area contributed by atoms with Gasteiger partial charge in [-0.1, -0.05) is 78.1 Å². The maximum absolute atomic E-state index is 3.71. The molecular formula is C18H37N. The molecule has 0 saturated heterocycles. The second-order valence-corrected chi connectivity index (χ2v) is 6.47. The standard InChI is InChI=1S/C18H37N/c1-3-5-6-7-8-9-10-11-14-17-15-12-13-16-18(17)19-4-2/h17-19H,3-16H2,1-2H3. The van der Waals surface area contributed by atoms with E-state index < -0.39 is 0 Å². The molecule has 2 unspecified atom stereocenters. The van der Waals surface area contributed by atoms with Crippen molar-refractivity contribution in [3.8, 4) is 0 Å². The molecule has 1 heteroatoms. The van der Waals surface area contributed by atoms with Crippen LogP contribution in [0.5, 0.6) is 0 Å². The zero-order chi connectivity index (χ0) is 13.8. The number of nitrogens with one attached hydrogen (secondary N) is 1. The zero-order valence-electron chi connectivity index (χ0n) is 13.6. The maximum atomic E-state index is 3.71. The summed E-state index contributed by atoms with van der Waals surface area (Å²) in [5.41, 5.74) is 0. The van der Waals surface area contributed by atoms with Crippen LogP contribution in [-0.4, -0.2) is 12.6 Å². The van der Waals surface area contributed by atoms with Gasteiger partial charge in [-0.25, -0.2) is 0 Å². The summed E-state index contributed by atoms with van der Waals surface area (Å²) in [5, 5.41) is 3.71. The molecule has 1 saturated carbocycles. The van der Waals surface area contributed by atoms with Gasteiger partial charge in [0.25, 0.3) is 0 Å². The second-order valence-electron chi connectivity index (χ2n) is 6.47. The number of hydrogen-bond acceptors (Lipinski definition) is 1. The van der Waals surface area contributed by atoms with E-state index in [0.717, 1.165) is 18.5 Å². The highest BCUT2D eigenvalue weighted by Gasteiger charge is 2.23. The Morgan fingerprint density at radius 1 is 0.789 bits per heavy atom. The zero-order valence-corrected chi connectivity index (χ0v) is 13.6. The predicted molar refractivity (Wildman–Crippen MR) is 86.6 cm³/mol. The number of hydrogen-bond donors (Lipinski definition) is 1. The van der Waals surface area contributed by atoms with Gasteiger partial charge in [-0.2, -0.15) is 0 Å². The fraction of sp³-hybridized carbons (Fsp3) is 1.00. The van der Waals surface area contributed by atoms with Gasteiger partial charge in [-0.05, 0) is 31.7 Å². The Morgan fingerprint density at radius 2 is 1.42 bits per heavy atom. The van der Waals surface area contributed by atoms with Gasteiger partial charge in [0, 0.05) is 6.04 Å². The van der Waals surface area contributed by atoms with Gasteiger partial charge >= 0.3 is 0 Å². The molecule has 0 spiro atoms. The molecule has 1 nitrogen and oxygen atoms in total. The molecule has 1 fully saturated rings. The van der Waals surface area contributed by atoms with Gasteiger partial charge in [-0.3, -0.25) is 0 Å². The summed E-state index contributed by atoms with van der Waals surface area (Å²) in [7, 11) is 0. The van der Waals surface area contributed by atoms with Gasteiger partial charge in [0.2, 0.25) is 0 Å². The summed E-state index contributed by atoms with van der Waals surface area (Å²) in [6.45, 7) is 5.70. The van der Waals surface area contributed by atoms with E-state index in [0.29, 0.717) is 0 Å². The Morgan fingerprint density at radius 3 is 2.11 bits per heavy atom. The van der Waals surface area contributed by atoms with E-state index >= 15 is 0 Å². The molecule has 2 atom stereocenters. The van der Waals surface area contributed by atoms with Crippen LogP contribution in [0, 0.1) is 5.92 Å². The molecule has 19 heavy (non-hydrogen) atoms. The second kappa shape index (κ2) is 11.8. The van der Waals surface area contributed by atoms with E-state index in [-0.39, 0.29) is 0 Å². The van der Waals surface area contributed by atoms with Crippen LogP contribution < -0.4 is 5.32 Å². The summed E-state index contributed by atoms with van der Waals surface area (Å²) in [4.78, 5) is 0. The lowest BCUT2D eigenvalue weighted by atomic mass is 9.81. The minimum Gasteiger partial charge on any atom is -0.314 e. The van der Waals surface area contributed by atoms with Crippen molar-refractivity contribution in [1.82, 2.24) is 5.32 Å². The van der Waals surface area contributed by atoms with Crippen molar-refractivity contribution >= 4 is 0 Å². The average Bonchev–Trinajstić information content (AvgIpc) is 2.44. The van der Waals surface area contributed by atoms with Crippen molar-refractivity contribution in [2.75, 3.05) is 6.54 Å². The molecule has 0 heterocycles. The molecule has 1 aliphatic carbocycles. The molecular weight excluding hydrogens is 230 g/mol. The predicted octanol–water partition coefficient (Wildman–Crippen LogP) is 5.69. The molecule has 1 aliphatic rings. The highest BCUT2D eigenvalue weighted by atomic mass is 14.9. The highest BCUT2D eigenvalue weighted by molar-refractivity contribution is 4.80. The third-order valence-electron chi connectivity index (χ3n) is 4.80. The van der Waals surface area contributed by atoms with Crippen molar-refractivity contribution in [3.05, 3.63) is 0 Å². The topological polar surface area (TPSA) is 12.0 Å². The van der Waals surface area contributed by atoms with Crippen molar-refractivity contribution in [2.45, 2.75) is 103 Å². The summed E-state index contributed by atoms with van der Waals surface area (Å²) in [6, 6.07) is 0.836. The van der Waals surface area contributed by atoms with E-state index in [1.807, 2.05) is 0 Å². The molecule has 0 aromatic heterocycles. The summed E-state index contributed by atoms with van der Waals surface area (Å²) >= 11 is 0. The quantitative estimate of drug-likeness (QED) is 0.474. The van der Waals surface area contributed by atoms with Gasteiger partial charge in [0.05, 0.1) is 0 Å². The van der Waals surface area contributed by atoms with Gasteiger partial charge in [0.1, 0.15) is 0 Å². The molecule has 0 radical (unpaired) electrons. The lowest BCUT2D eigenvalue weighted by Gasteiger charge is -2.32. The van der Waals surface area contributed by atoms with E-state index in [2.05, 4.69) is 19.2 Å². The van der Waals surface area contributed by atoms with Crippen LogP contribution in [0.15, 0.2) is 0 Å². The lowest BCUT2D eigenvalue weighted by molar-refractivity contribution is 0.246. The van der Waals surface area contributed by atoms with Gasteiger partial charge in [-0.15, -0.1) is 0 Å². The van der Waals surface area contributed by atoms with Crippen molar-refractivity contribution in [2.24, 2.45) is 5.92 Å². The first-order valence-electron chi connectivity index (χ1n) is 9.11. The molecule has 114 valence electrons. The van der Waals surface area contributed by atoms with Crippen molar-refractivity contribution in [1.29, 1.82) is 0 Å². The largest absolute Gasteiger partial charge is 0.314 e. The summed E-state index contributed by atoms with van der Waals surface area (Å²) in [6.07, 6.45) is 18.9. The van der Waals surface area contributed by atoms with Gasteiger partial charge < -0.3 is 5.32 Å². The number of unbranched alkanes of at least 4 members (excludes halogenated alkanes) is 7. The first-order valence-corrected chi connectivity index (χ1v) is 9.11. The first kappa shape index (κ1) is 17.0. The van der Waals surface area contributed by atoms with E-state index in [1.54, 1.807) is 0 Å². The fourth-order valence-electron chi connectivity index (χ4n) is 3.62. The summed E-state index contributed by atoms with van der Waals surface area (Å²) in [5.74, 6) is 0.980. The molecule has 0 aliphatic heterocycles. The van der Waals surface area contributed by atoms with Crippen molar-refractivity contribution < 1.29 is 0 Å². The molecule has 0 aromatic rings. The maximum Gasteiger partial charge on any atom is 0.00952 e. The average molecular weight is 268 g/mol. The third kappa shape index (κ3) is 7.97. The molecule has 1 rings (SSSR count). The minimum absolute atomic E-state index is 0.836. The molecule has 0 bridgehead atoms. The van der Waals surface area contributed by atoms with Crippen LogP contribution in [0.25, 0.3) is 0 Å². The van der Waals surface area contributed by atoms with Gasteiger partial charge in [0.15, 0.2) is 0 Å². The number of rotatable bonds is 11. The van der Waals surface area contributed by atoms with Crippen LogP contribution in [0.3, 0.4) is 0 Å².